The highest BCUT2D eigenvalue weighted by molar-refractivity contribution is 6.60. The molecule has 118 valence electrons. The lowest BCUT2D eigenvalue weighted by atomic mass is 10.2. The number of hydrogen-bond acceptors (Lipinski definition) is 5. The molecule has 0 rings (SSSR count). The summed E-state index contributed by atoms with van der Waals surface area (Å²) in [5.41, 5.74) is 0. The van der Waals surface area contributed by atoms with Crippen molar-refractivity contribution in [2.75, 3.05) is 26.4 Å². The van der Waals surface area contributed by atoms with Crippen LogP contribution in [0.25, 0.3) is 0 Å². The molecule has 0 saturated heterocycles. The average molecular weight is 305 g/mol. The van der Waals surface area contributed by atoms with Gasteiger partial charge in [-0.15, -0.1) is 0 Å². The molecule has 1 amide bonds. The first-order valence-corrected chi connectivity index (χ1v) is 9.10. The molecule has 6 nitrogen and oxygen atoms in total. The van der Waals surface area contributed by atoms with Gasteiger partial charge in [0.1, 0.15) is 0 Å². The highest BCUT2D eigenvalue weighted by atomic mass is 28.4. The number of carbonyl (C=O) groups excluding carboxylic acids is 2. The number of nitrogens with one attached hydrogen (secondary N) is 1. The second kappa shape index (κ2) is 11.0. The van der Waals surface area contributed by atoms with E-state index in [1.165, 1.54) is 6.92 Å². The Morgan fingerprint density at radius 2 is 1.50 bits per heavy atom. The van der Waals surface area contributed by atoms with Gasteiger partial charge >= 0.3 is 8.80 Å². The van der Waals surface area contributed by atoms with Gasteiger partial charge in [0.25, 0.3) is 0 Å². The molecule has 0 aliphatic carbocycles. The predicted molar refractivity (Wildman–Crippen MR) is 78.4 cm³/mol. The normalized spacial score (nSPS) is 11.4. The Hall–Kier alpha value is -0.763. The van der Waals surface area contributed by atoms with E-state index in [1.807, 2.05) is 20.8 Å². The molecule has 0 atom stereocenters. The van der Waals surface area contributed by atoms with E-state index in [4.69, 9.17) is 13.3 Å². The fourth-order valence-electron chi connectivity index (χ4n) is 1.81. The molecular formula is C13H27NO5Si. The third-order valence-corrected chi connectivity index (χ3v) is 5.72. The van der Waals surface area contributed by atoms with E-state index in [0.29, 0.717) is 38.7 Å². The van der Waals surface area contributed by atoms with Crippen LogP contribution < -0.4 is 5.32 Å². The Kier molecular flexibility index (Phi) is 10.5. The number of Topliss-reactive ketones (excluding diaryl/α,β-unsaturated/α-hetero) is 1. The topological polar surface area (TPSA) is 73.9 Å². The van der Waals surface area contributed by atoms with Crippen molar-refractivity contribution in [1.29, 1.82) is 0 Å². The third kappa shape index (κ3) is 8.42. The number of carbonyl (C=O) groups is 2. The molecule has 0 aromatic rings. The van der Waals surface area contributed by atoms with Crippen LogP contribution in [0.4, 0.5) is 0 Å². The second-order valence-corrected chi connectivity index (χ2v) is 7.02. The highest BCUT2D eigenvalue weighted by Gasteiger charge is 2.39. The first kappa shape index (κ1) is 19.2. The Morgan fingerprint density at radius 3 is 1.90 bits per heavy atom. The summed E-state index contributed by atoms with van der Waals surface area (Å²) in [6.45, 7) is 8.79. The van der Waals surface area contributed by atoms with Crippen molar-refractivity contribution >= 4 is 20.5 Å². The highest BCUT2D eigenvalue weighted by Crippen LogP contribution is 2.19. The fourth-order valence-corrected chi connectivity index (χ4v) is 4.43. The van der Waals surface area contributed by atoms with Crippen molar-refractivity contribution in [2.24, 2.45) is 0 Å². The van der Waals surface area contributed by atoms with Gasteiger partial charge in [0.05, 0.1) is 6.54 Å². The minimum absolute atomic E-state index is 0.00703. The van der Waals surface area contributed by atoms with E-state index >= 15 is 0 Å². The zero-order chi connectivity index (χ0) is 15.4. The van der Waals surface area contributed by atoms with Crippen LogP contribution in [0.1, 0.15) is 40.5 Å². The molecule has 0 aromatic carbocycles. The Balaban J connectivity index is 4.23. The largest absolute Gasteiger partial charge is 0.500 e. The summed E-state index contributed by atoms with van der Waals surface area (Å²) >= 11 is 0. The summed E-state index contributed by atoms with van der Waals surface area (Å²) in [5, 5.41) is 2.50. The summed E-state index contributed by atoms with van der Waals surface area (Å²) in [7, 11) is -2.65. The van der Waals surface area contributed by atoms with E-state index in [9.17, 15) is 9.59 Å². The van der Waals surface area contributed by atoms with E-state index in [2.05, 4.69) is 5.32 Å². The Bertz CT molecular complexity index is 281. The monoisotopic (exact) mass is 305 g/mol. The first-order chi connectivity index (χ1) is 9.49. The lowest BCUT2D eigenvalue weighted by Crippen LogP contribution is -2.46. The maximum Gasteiger partial charge on any atom is 0.500 e. The van der Waals surface area contributed by atoms with Gasteiger partial charge in [0, 0.05) is 39.2 Å². The molecule has 20 heavy (non-hydrogen) atoms. The van der Waals surface area contributed by atoms with Crippen molar-refractivity contribution < 1.29 is 22.9 Å². The molecule has 0 saturated carbocycles. The average Bonchev–Trinajstić information content (AvgIpc) is 2.37. The van der Waals surface area contributed by atoms with Gasteiger partial charge < -0.3 is 18.6 Å². The van der Waals surface area contributed by atoms with Gasteiger partial charge in [0.2, 0.25) is 5.91 Å². The molecule has 0 aliphatic heterocycles. The van der Waals surface area contributed by atoms with Gasteiger partial charge in [-0.2, -0.15) is 0 Å². The minimum Gasteiger partial charge on any atom is -0.374 e. The molecule has 0 aromatic heterocycles. The predicted octanol–water partition coefficient (Wildman–Crippen LogP) is 1.52. The molecule has 0 aliphatic rings. The Morgan fingerprint density at radius 1 is 1.00 bits per heavy atom. The summed E-state index contributed by atoms with van der Waals surface area (Å²) in [6, 6.07) is 0.619. The zero-order valence-corrected chi connectivity index (χ0v) is 14.0. The van der Waals surface area contributed by atoms with Gasteiger partial charge in [-0.05, 0) is 27.2 Å². The number of hydrogen-bond donors (Lipinski definition) is 1. The molecule has 0 radical (unpaired) electrons. The van der Waals surface area contributed by atoms with Crippen LogP contribution in [0, 0.1) is 0 Å². The van der Waals surface area contributed by atoms with Crippen molar-refractivity contribution in [3.63, 3.8) is 0 Å². The molecule has 7 heteroatoms. The van der Waals surface area contributed by atoms with Crippen LogP contribution in [-0.4, -0.2) is 46.9 Å². The van der Waals surface area contributed by atoms with Gasteiger partial charge in [-0.3, -0.25) is 9.59 Å². The van der Waals surface area contributed by atoms with Crippen LogP contribution in [0.5, 0.6) is 0 Å². The number of amides is 1. The van der Waals surface area contributed by atoms with Crippen LogP contribution >= 0.6 is 0 Å². The fraction of sp³-hybridized carbons (Fsp3) is 0.846. The standard InChI is InChI=1S/C13H27NO5Si/c1-5-17-20(18-6-2,19-7-3)10-8-9-13(16)11-14-12(4)15/h5-11H2,1-4H3,(H,14,15). The third-order valence-electron chi connectivity index (χ3n) is 2.57. The quantitative estimate of drug-likeness (QED) is 0.553. The second-order valence-electron chi connectivity index (χ2n) is 4.28. The number of ketones is 1. The maximum atomic E-state index is 11.6. The van der Waals surface area contributed by atoms with E-state index in [-0.39, 0.29) is 18.2 Å². The SMILES string of the molecule is CCO[Si](CCCC(=O)CNC(C)=O)(OCC)OCC. The lowest BCUT2D eigenvalue weighted by Gasteiger charge is -2.28. The number of rotatable bonds is 12. The molecule has 0 fully saturated rings. The minimum atomic E-state index is -2.65. The summed E-state index contributed by atoms with van der Waals surface area (Å²) in [5.74, 6) is -0.187. The van der Waals surface area contributed by atoms with Crippen molar-refractivity contribution in [1.82, 2.24) is 5.32 Å². The van der Waals surface area contributed by atoms with Crippen LogP contribution in [-0.2, 0) is 22.9 Å². The van der Waals surface area contributed by atoms with Crippen molar-refractivity contribution in [3.05, 3.63) is 0 Å². The van der Waals surface area contributed by atoms with Gasteiger partial charge in [-0.25, -0.2) is 0 Å². The van der Waals surface area contributed by atoms with Gasteiger partial charge in [0.15, 0.2) is 5.78 Å². The molecule has 1 N–H and O–H groups in total. The Labute approximate surface area is 122 Å². The molecule has 0 bridgehead atoms. The first-order valence-electron chi connectivity index (χ1n) is 7.17. The molecule has 0 spiro atoms. The smallest absolute Gasteiger partial charge is 0.374 e. The molecular weight excluding hydrogens is 278 g/mol. The van der Waals surface area contributed by atoms with E-state index in [1.54, 1.807) is 0 Å². The zero-order valence-electron chi connectivity index (χ0n) is 13.0. The van der Waals surface area contributed by atoms with Crippen molar-refractivity contribution in [3.8, 4) is 0 Å². The molecule has 0 unspecified atom stereocenters. The maximum absolute atomic E-state index is 11.6. The summed E-state index contributed by atoms with van der Waals surface area (Å²) < 4.78 is 17.1. The van der Waals surface area contributed by atoms with E-state index < -0.39 is 8.80 Å². The summed E-state index contributed by atoms with van der Waals surface area (Å²) in [4.78, 5) is 22.3. The van der Waals surface area contributed by atoms with Crippen LogP contribution in [0.2, 0.25) is 6.04 Å². The van der Waals surface area contributed by atoms with Crippen LogP contribution in [0.3, 0.4) is 0 Å². The van der Waals surface area contributed by atoms with Crippen LogP contribution in [0.15, 0.2) is 0 Å². The van der Waals surface area contributed by atoms with Crippen molar-refractivity contribution in [2.45, 2.75) is 46.6 Å². The summed E-state index contributed by atoms with van der Waals surface area (Å²) in [6.07, 6.45) is 1.03. The van der Waals surface area contributed by atoms with Gasteiger partial charge in [-0.1, -0.05) is 0 Å². The molecule has 0 heterocycles. The lowest BCUT2D eigenvalue weighted by molar-refractivity contribution is -0.123. The van der Waals surface area contributed by atoms with E-state index in [0.717, 1.165) is 0 Å².